The highest BCUT2D eigenvalue weighted by molar-refractivity contribution is 7.92. The highest BCUT2D eigenvalue weighted by Crippen LogP contribution is 2.41. The van der Waals surface area contributed by atoms with Crippen LogP contribution in [0, 0.1) is 0 Å². The third-order valence-electron chi connectivity index (χ3n) is 5.11. The molecular weight excluding hydrogens is 412 g/mol. The Hall–Kier alpha value is -3.58. The molecule has 7 heteroatoms. The fourth-order valence-electron chi connectivity index (χ4n) is 3.55. The Kier molecular flexibility index (Phi) is 5.52. The largest absolute Gasteiger partial charge is 0.497 e. The van der Waals surface area contributed by atoms with Crippen LogP contribution in [0.4, 0.5) is 11.4 Å². The van der Waals surface area contributed by atoms with Crippen LogP contribution in [0.2, 0.25) is 0 Å². The SMILES string of the molecule is CCS(=O)(=O)Nc1ccc2c(c1)/C(=C(/c1ccccc1)c1ccc(OC)cc1)C(=O)N2. The normalized spacial score (nSPS) is 14.6. The standard InChI is InChI=1S/C24H22N2O4S/c1-3-31(28,29)26-18-11-14-21-20(15-18)23(24(27)25-21)22(16-7-5-4-6-8-16)17-9-12-19(30-2)13-10-17/h4-15,26H,3H2,1-2H3,(H,25,27)/b23-22+. The molecule has 158 valence electrons. The van der Waals surface area contributed by atoms with Crippen molar-refractivity contribution in [3.8, 4) is 5.75 Å². The van der Waals surface area contributed by atoms with E-state index in [2.05, 4.69) is 10.0 Å². The molecule has 1 amide bonds. The third kappa shape index (κ3) is 4.18. The zero-order valence-electron chi connectivity index (χ0n) is 17.2. The van der Waals surface area contributed by atoms with E-state index in [1.165, 1.54) is 0 Å². The minimum absolute atomic E-state index is 0.0366. The van der Waals surface area contributed by atoms with Crippen molar-refractivity contribution >= 4 is 38.5 Å². The molecule has 0 saturated heterocycles. The number of carbonyl (C=O) groups excluding carboxylic acids is 1. The Bertz CT molecular complexity index is 1260. The number of ether oxygens (including phenoxy) is 1. The monoisotopic (exact) mass is 434 g/mol. The number of hydrogen-bond donors (Lipinski definition) is 2. The van der Waals surface area contributed by atoms with E-state index >= 15 is 0 Å². The van der Waals surface area contributed by atoms with Gasteiger partial charge in [0.1, 0.15) is 5.75 Å². The number of sulfonamides is 1. The van der Waals surface area contributed by atoms with E-state index in [4.69, 9.17) is 4.74 Å². The molecule has 0 fully saturated rings. The first-order valence-corrected chi connectivity index (χ1v) is 11.5. The van der Waals surface area contributed by atoms with Crippen LogP contribution in [-0.2, 0) is 14.8 Å². The zero-order valence-corrected chi connectivity index (χ0v) is 18.0. The lowest BCUT2D eigenvalue weighted by molar-refractivity contribution is -0.110. The lowest BCUT2D eigenvalue weighted by Crippen LogP contribution is -2.14. The van der Waals surface area contributed by atoms with Crippen LogP contribution in [0.25, 0.3) is 11.1 Å². The first-order chi connectivity index (χ1) is 14.9. The van der Waals surface area contributed by atoms with Gasteiger partial charge in [-0.2, -0.15) is 0 Å². The highest BCUT2D eigenvalue weighted by atomic mass is 32.2. The molecule has 0 unspecified atom stereocenters. The number of hydrogen-bond acceptors (Lipinski definition) is 4. The van der Waals surface area contributed by atoms with E-state index in [0.717, 1.165) is 16.7 Å². The van der Waals surface area contributed by atoms with Crippen molar-refractivity contribution in [1.82, 2.24) is 0 Å². The van der Waals surface area contributed by atoms with Crippen molar-refractivity contribution in [2.75, 3.05) is 22.9 Å². The van der Waals surface area contributed by atoms with Gasteiger partial charge in [0.05, 0.1) is 18.4 Å². The third-order valence-corrected chi connectivity index (χ3v) is 6.42. The molecule has 3 aromatic carbocycles. The van der Waals surface area contributed by atoms with Crippen molar-refractivity contribution in [3.63, 3.8) is 0 Å². The van der Waals surface area contributed by atoms with Gasteiger partial charge in [-0.3, -0.25) is 9.52 Å². The Morgan fingerprint density at radius 2 is 1.65 bits per heavy atom. The van der Waals surface area contributed by atoms with Crippen LogP contribution in [0.3, 0.4) is 0 Å². The van der Waals surface area contributed by atoms with E-state index in [1.54, 1.807) is 32.2 Å². The van der Waals surface area contributed by atoms with E-state index in [9.17, 15) is 13.2 Å². The maximum Gasteiger partial charge on any atom is 0.257 e. The first-order valence-electron chi connectivity index (χ1n) is 9.82. The summed E-state index contributed by atoms with van der Waals surface area (Å²) in [5, 5.41) is 2.90. The fraction of sp³-hybridized carbons (Fsp3) is 0.125. The summed E-state index contributed by atoms with van der Waals surface area (Å²) in [5.74, 6) is 0.444. The van der Waals surface area contributed by atoms with Crippen LogP contribution in [-0.4, -0.2) is 27.2 Å². The molecule has 1 aliphatic heterocycles. The number of fused-ring (bicyclic) bond motifs is 1. The molecule has 3 aromatic rings. The quantitative estimate of drug-likeness (QED) is 0.565. The topological polar surface area (TPSA) is 84.5 Å². The van der Waals surface area contributed by atoms with Gasteiger partial charge in [-0.25, -0.2) is 8.42 Å². The summed E-state index contributed by atoms with van der Waals surface area (Å²) in [6.45, 7) is 1.57. The predicted molar refractivity (Wildman–Crippen MR) is 124 cm³/mol. The highest BCUT2D eigenvalue weighted by Gasteiger charge is 2.29. The molecule has 0 radical (unpaired) electrons. The second kappa shape index (κ2) is 8.28. The lowest BCUT2D eigenvalue weighted by atomic mass is 9.90. The van der Waals surface area contributed by atoms with Crippen LogP contribution >= 0.6 is 0 Å². The minimum Gasteiger partial charge on any atom is -0.497 e. The van der Waals surface area contributed by atoms with Crippen LogP contribution in [0.1, 0.15) is 23.6 Å². The van der Waals surface area contributed by atoms with Crippen LogP contribution in [0.5, 0.6) is 5.75 Å². The second-order valence-electron chi connectivity index (χ2n) is 7.06. The Labute approximate surface area is 181 Å². The van der Waals surface area contributed by atoms with Gasteiger partial charge in [-0.05, 0) is 48.4 Å². The van der Waals surface area contributed by atoms with Gasteiger partial charge in [0.2, 0.25) is 10.0 Å². The minimum atomic E-state index is -3.44. The number of methoxy groups -OCH3 is 1. The molecule has 31 heavy (non-hydrogen) atoms. The number of amides is 1. The number of carbonyl (C=O) groups is 1. The molecule has 0 bridgehead atoms. The molecule has 0 aliphatic carbocycles. The van der Waals surface area contributed by atoms with Crippen LogP contribution in [0.15, 0.2) is 72.8 Å². The molecule has 4 rings (SSSR count). The summed E-state index contributed by atoms with van der Waals surface area (Å²) >= 11 is 0. The summed E-state index contributed by atoms with van der Waals surface area (Å²) in [5.41, 5.74) is 4.68. The van der Waals surface area contributed by atoms with Gasteiger partial charge < -0.3 is 10.1 Å². The molecular formula is C24H22N2O4S. The maximum absolute atomic E-state index is 13.1. The van der Waals surface area contributed by atoms with Gasteiger partial charge in [-0.15, -0.1) is 0 Å². The van der Waals surface area contributed by atoms with E-state index < -0.39 is 10.0 Å². The van der Waals surface area contributed by atoms with Crippen molar-refractivity contribution in [2.45, 2.75) is 6.92 Å². The van der Waals surface area contributed by atoms with Gasteiger partial charge in [0.15, 0.2) is 0 Å². The zero-order chi connectivity index (χ0) is 22.0. The molecule has 1 heterocycles. The molecule has 2 N–H and O–H groups in total. The van der Waals surface area contributed by atoms with Gasteiger partial charge in [0, 0.05) is 22.5 Å². The first kappa shape index (κ1) is 20.7. The predicted octanol–water partition coefficient (Wildman–Crippen LogP) is 4.37. The van der Waals surface area contributed by atoms with Gasteiger partial charge in [-0.1, -0.05) is 42.5 Å². The summed E-state index contributed by atoms with van der Waals surface area (Å²) in [7, 11) is -1.84. The number of rotatable bonds is 6. The number of nitrogens with one attached hydrogen (secondary N) is 2. The lowest BCUT2D eigenvalue weighted by Gasteiger charge is -2.14. The Morgan fingerprint density at radius 1 is 0.968 bits per heavy atom. The Morgan fingerprint density at radius 3 is 2.29 bits per heavy atom. The van der Waals surface area contributed by atoms with Crippen molar-refractivity contribution in [1.29, 1.82) is 0 Å². The van der Waals surface area contributed by atoms with Gasteiger partial charge in [0.25, 0.3) is 5.91 Å². The van der Waals surface area contributed by atoms with E-state index in [0.29, 0.717) is 28.3 Å². The molecule has 0 spiro atoms. The Balaban J connectivity index is 1.94. The molecule has 0 saturated carbocycles. The molecule has 6 nitrogen and oxygen atoms in total. The maximum atomic E-state index is 13.1. The number of anilines is 2. The summed E-state index contributed by atoms with van der Waals surface area (Å²) < 4.78 is 31.9. The smallest absolute Gasteiger partial charge is 0.257 e. The summed E-state index contributed by atoms with van der Waals surface area (Å²) in [4.78, 5) is 13.1. The second-order valence-corrected chi connectivity index (χ2v) is 9.08. The molecule has 1 aliphatic rings. The van der Waals surface area contributed by atoms with Crippen molar-refractivity contribution in [2.24, 2.45) is 0 Å². The molecule has 0 aromatic heterocycles. The van der Waals surface area contributed by atoms with Gasteiger partial charge >= 0.3 is 0 Å². The van der Waals surface area contributed by atoms with E-state index in [-0.39, 0.29) is 11.7 Å². The van der Waals surface area contributed by atoms with Crippen molar-refractivity contribution < 1.29 is 17.9 Å². The summed E-state index contributed by atoms with van der Waals surface area (Å²) in [6.07, 6.45) is 0. The molecule has 0 atom stereocenters. The average Bonchev–Trinajstić information content (AvgIpc) is 3.10. The van der Waals surface area contributed by atoms with Crippen LogP contribution < -0.4 is 14.8 Å². The average molecular weight is 435 g/mol. The summed E-state index contributed by atoms with van der Waals surface area (Å²) in [6, 6.07) is 22.2. The van der Waals surface area contributed by atoms with E-state index in [1.807, 2.05) is 54.6 Å². The van der Waals surface area contributed by atoms with Crippen molar-refractivity contribution in [3.05, 3.63) is 89.5 Å². The fourth-order valence-corrected chi connectivity index (χ4v) is 4.18. The number of benzene rings is 3.